The van der Waals surface area contributed by atoms with Gasteiger partial charge in [-0.15, -0.1) is 0 Å². The number of nitro benzene ring substituents is 1. The van der Waals surface area contributed by atoms with Crippen molar-refractivity contribution in [1.82, 2.24) is 0 Å². The minimum atomic E-state index is -1.00. The van der Waals surface area contributed by atoms with Crippen LogP contribution in [-0.4, -0.2) is 21.9 Å². The van der Waals surface area contributed by atoms with Crippen LogP contribution in [0.15, 0.2) is 47.6 Å². The Morgan fingerprint density at radius 1 is 1.16 bits per heavy atom. The summed E-state index contributed by atoms with van der Waals surface area (Å²) in [7, 11) is 0. The number of allylic oxidation sites excluding steroid dienone is 4. The number of carboxylic acid groups (broad SMARTS) is 1. The number of carbonyl (C=O) groups excluding carboxylic acids is 1. The number of carbonyl (C=O) groups is 2. The molecular weight excluding hydrogens is 324 g/mol. The van der Waals surface area contributed by atoms with Crippen molar-refractivity contribution in [2.75, 3.05) is 5.32 Å². The molecule has 0 spiro atoms. The van der Waals surface area contributed by atoms with E-state index in [-0.39, 0.29) is 23.2 Å². The van der Waals surface area contributed by atoms with E-state index in [2.05, 4.69) is 5.32 Å². The first-order valence-electron chi connectivity index (χ1n) is 7.95. The van der Waals surface area contributed by atoms with Gasteiger partial charge in [0, 0.05) is 29.7 Å². The van der Waals surface area contributed by atoms with Crippen LogP contribution in [0.1, 0.15) is 13.8 Å². The minimum absolute atomic E-state index is 0.134. The maximum absolute atomic E-state index is 12.8. The molecule has 1 aromatic rings. The van der Waals surface area contributed by atoms with Crippen molar-refractivity contribution in [3.05, 3.63) is 57.7 Å². The van der Waals surface area contributed by atoms with Crippen molar-refractivity contribution in [3.8, 4) is 0 Å². The molecule has 25 heavy (non-hydrogen) atoms. The summed E-state index contributed by atoms with van der Waals surface area (Å²) in [6.45, 7) is 3.84. The van der Waals surface area contributed by atoms with Crippen LogP contribution in [0.25, 0.3) is 0 Å². The van der Waals surface area contributed by atoms with Crippen molar-refractivity contribution in [2.45, 2.75) is 13.8 Å². The Morgan fingerprint density at radius 2 is 1.80 bits per heavy atom. The quantitative estimate of drug-likeness (QED) is 0.496. The molecule has 0 saturated heterocycles. The molecule has 1 fully saturated rings. The summed E-state index contributed by atoms with van der Waals surface area (Å²) in [5.41, 5.74) is 2.17. The van der Waals surface area contributed by atoms with E-state index in [1.54, 1.807) is 6.07 Å². The molecule has 0 heterocycles. The zero-order valence-electron chi connectivity index (χ0n) is 13.8. The summed E-state index contributed by atoms with van der Waals surface area (Å²) in [4.78, 5) is 34.8. The van der Waals surface area contributed by atoms with Gasteiger partial charge in [0.2, 0.25) is 5.91 Å². The Hall–Kier alpha value is -2.96. The van der Waals surface area contributed by atoms with E-state index in [1.165, 1.54) is 18.2 Å². The van der Waals surface area contributed by atoms with Gasteiger partial charge in [0.15, 0.2) is 0 Å². The Balaban J connectivity index is 1.90. The second kappa shape index (κ2) is 6.16. The van der Waals surface area contributed by atoms with Gasteiger partial charge in [-0.3, -0.25) is 19.7 Å². The second-order valence-electron chi connectivity index (χ2n) is 6.58. The van der Waals surface area contributed by atoms with Gasteiger partial charge in [0.1, 0.15) is 0 Å². The number of hydrogen-bond donors (Lipinski definition) is 2. The first kappa shape index (κ1) is 16.9. The lowest BCUT2D eigenvalue weighted by atomic mass is 9.82. The number of aliphatic carboxylic acids is 1. The molecule has 4 atom stereocenters. The number of hydrogen-bond acceptors (Lipinski definition) is 4. The van der Waals surface area contributed by atoms with Crippen LogP contribution in [0.3, 0.4) is 0 Å². The SMILES string of the molecule is CC(C)=C1[C@H]2C=C[C@H]1[C@H](C(=O)Nc1cccc([N+](=O)[O-])c1)[C@H]2C(=O)O. The van der Waals surface area contributed by atoms with Crippen molar-refractivity contribution in [1.29, 1.82) is 0 Å². The van der Waals surface area contributed by atoms with E-state index in [1.807, 2.05) is 26.0 Å². The fraction of sp³-hybridized carbons (Fsp3) is 0.333. The average molecular weight is 342 g/mol. The first-order valence-corrected chi connectivity index (χ1v) is 7.95. The summed E-state index contributed by atoms with van der Waals surface area (Å²) in [6, 6.07) is 5.62. The molecule has 0 aromatic heterocycles. The number of carboxylic acids is 1. The molecule has 7 nitrogen and oxygen atoms in total. The van der Waals surface area contributed by atoms with Crippen LogP contribution in [-0.2, 0) is 9.59 Å². The molecule has 1 saturated carbocycles. The topological polar surface area (TPSA) is 110 Å². The van der Waals surface area contributed by atoms with E-state index in [0.29, 0.717) is 0 Å². The normalized spacial score (nSPS) is 26.6. The summed E-state index contributed by atoms with van der Waals surface area (Å²) in [5.74, 6) is -3.49. The molecule has 1 aromatic carbocycles. The highest BCUT2D eigenvalue weighted by molar-refractivity contribution is 5.97. The molecule has 2 aliphatic rings. The van der Waals surface area contributed by atoms with Crippen LogP contribution in [0.2, 0.25) is 0 Å². The van der Waals surface area contributed by atoms with Gasteiger partial charge in [-0.1, -0.05) is 29.4 Å². The van der Waals surface area contributed by atoms with Gasteiger partial charge in [0.05, 0.1) is 16.8 Å². The van der Waals surface area contributed by atoms with Crippen LogP contribution < -0.4 is 5.32 Å². The Bertz CT molecular complexity index is 823. The third-order valence-electron chi connectivity index (χ3n) is 4.89. The maximum Gasteiger partial charge on any atom is 0.308 e. The summed E-state index contributed by atoms with van der Waals surface area (Å²) < 4.78 is 0. The maximum atomic E-state index is 12.8. The van der Waals surface area contributed by atoms with E-state index < -0.39 is 28.6 Å². The standard InChI is InChI=1S/C18H18N2O5/c1-9(2)14-12-6-7-13(14)16(18(22)23)15(12)17(21)19-10-4-3-5-11(8-10)20(24)25/h3-8,12-13,15-16H,1-2H3,(H,19,21)(H,22,23)/t12-,13-,15+,16+/m1/s1. The molecule has 0 radical (unpaired) electrons. The predicted molar refractivity (Wildman–Crippen MR) is 90.8 cm³/mol. The van der Waals surface area contributed by atoms with Gasteiger partial charge in [-0.25, -0.2) is 0 Å². The predicted octanol–water partition coefficient (Wildman–Crippen LogP) is 3.00. The van der Waals surface area contributed by atoms with E-state index in [9.17, 15) is 24.8 Å². The molecule has 3 rings (SSSR count). The van der Waals surface area contributed by atoms with E-state index in [0.717, 1.165) is 11.1 Å². The van der Waals surface area contributed by atoms with Gasteiger partial charge >= 0.3 is 5.97 Å². The van der Waals surface area contributed by atoms with Crippen LogP contribution in [0.4, 0.5) is 11.4 Å². The number of rotatable bonds is 4. The number of amides is 1. The van der Waals surface area contributed by atoms with Gasteiger partial charge in [0.25, 0.3) is 5.69 Å². The second-order valence-corrected chi connectivity index (χ2v) is 6.58. The summed E-state index contributed by atoms with van der Waals surface area (Å²) >= 11 is 0. The molecule has 7 heteroatoms. The Labute approximate surface area is 144 Å². The number of anilines is 1. The first-order chi connectivity index (χ1) is 11.8. The average Bonchev–Trinajstić information content (AvgIpc) is 3.11. The molecule has 0 aliphatic heterocycles. The number of nitro groups is 1. The number of fused-ring (bicyclic) bond motifs is 2. The molecule has 0 unspecified atom stereocenters. The smallest absolute Gasteiger partial charge is 0.308 e. The lowest BCUT2D eigenvalue weighted by Crippen LogP contribution is -2.36. The minimum Gasteiger partial charge on any atom is -0.481 e. The lowest BCUT2D eigenvalue weighted by molar-refractivity contribution is -0.384. The van der Waals surface area contributed by atoms with E-state index >= 15 is 0 Å². The number of nitrogens with zero attached hydrogens (tertiary/aromatic N) is 1. The third kappa shape index (κ3) is 2.82. The zero-order valence-corrected chi connectivity index (χ0v) is 13.8. The zero-order chi connectivity index (χ0) is 18.3. The summed E-state index contributed by atoms with van der Waals surface area (Å²) in [5, 5.41) is 23.1. The number of benzene rings is 1. The highest BCUT2D eigenvalue weighted by atomic mass is 16.6. The number of nitrogens with one attached hydrogen (secondary N) is 1. The molecule has 1 amide bonds. The Morgan fingerprint density at radius 3 is 2.36 bits per heavy atom. The van der Waals surface area contributed by atoms with Crippen molar-refractivity contribution in [3.63, 3.8) is 0 Å². The van der Waals surface area contributed by atoms with Gasteiger partial charge in [-0.05, 0) is 19.9 Å². The van der Waals surface area contributed by atoms with Gasteiger partial charge in [-0.2, -0.15) is 0 Å². The Kier molecular flexibility index (Phi) is 4.16. The largest absolute Gasteiger partial charge is 0.481 e. The summed E-state index contributed by atoms with van der Waals surface area (Å²) in [6.07, 6.45) is 3.76. The van der Waals surface area contributed by atoms with Gasteiger partial charge < -0.3 is 10.4 Å². The van der Waals surface area contributed by atoms with Crippen molar-refractivity contribution < 1.29 is 19.6 Å². The van der Waals surface area contributed by atoms with E-state index in [4.69, 9.17) is 0 Å². The highest BCUT2D eigenvalue weighted by Gasteiger charge is 2.54. The van der Waals surface area contributed by atoms with Crippen LogP contribution in [0, 0.1) is 33.8 Å². The van der Waals surface area contributed by atoms with Crippen LogP contribution >= 0.6 is 0 Å². The monoisotopic (exact) mass is 342 g/mol. The van der Waals surface area contributed by atoms with Crippen molar-refractivity contribution in [2.24, 2.45) is 23.7 Å². The number of non-ortho nitro benzene ring substituents is 1. The highest BCUT2D eigenvalue weighted by Crippen LogP contribution is 2.53. The molecule has 130 valence electrons. The molecule has 2 N–H and O–H groups in total. The molecule has 2 aliphatic carbocycles. The van der Waals surface area contributed by atoms with Crippen LogP contribution in [0.5, 0.6) is 0 Å². The fourth-order valence-electron chi connectivity index (χ4n) is 3.96. The third-order valence-corrected chi connectivity index (χ3v) is 4.89. The molecule has 2 bridgehead atoms. The van der Waals surface area contributed by atoms with Crippen molar-refractivity contribution >= 4 is 23.3 Å². The fourth-order valence-corrected chi connectivity index (χ4v) is 3.96. The molecular formula is C18H18N2O5. The lowest BCUT2D eigenvalue weighted by Gasteiger charge is -2.23.